The molecule has 1 aromatic carbocycles. The summed E-state index contributed by atoms with van der Waals surface area (Å²) in [7, 11) is 0. The zero-order chi connectivity index (χ0) is 13.5. The van der Waals surface area contributed by atoms with Crippen LogP contribution in [0.1, 0.15) is 6.42 Å². The van der Waals surface area contributed by atoms with E-state index >= 15 is 0 Å². The highest BCUT2D eigenvalue weighted by Crippen LogP contribution is 2.27. The molecule has 18 heavy (non-hydrogen) atoms. The van der Waals surface area contributed by atoms with Crippen molar-refractivity contribution in [3.8, 4) is 5.75 Å². The second-order valence-corrected chi connectivity index (χ2v) is 3.06. The van der Waals surface area contributed by atoms with Gasteiger partial charge in [0.2, 0.25) is 0 Å². The van der Waals surface area contributed by atoms with Crippen LogP contribution in [0.4, 0.5) is 10.1 Å². The van der Waals surface area contributed by atoms with E-state index < -0.39 is 22.4 Å². The van der Waals surface area contributed by atoms with Crippen molar-refractivity contribution in [1.82, 2.24) is 5.59 Å². The molecule has 98 valence electrons. The summed E-state index contributed by atoms with van der Waals surface area (Å²) < 4.78 is 17.8. The number of nitrogens with two attached hydrogens (primary N) is 1. The van der Waals surface area contributed by atoms with Gasteiger partial charge in [-0.25, -0.2) is 10.2 Å². The van der Waals surface area contributed by atoms with E-state index in [4.69, 9.17) is 10.6 Å². The molecule has 3 N–H and O–H groups in total. The lowest BCUT2D eigenvalue weighted by atomic mass is 10.3. The fourth-order valence-electron chi connectivity index (χ4n) is 1.12. The van der Waals surface area contributed by atoms with E-state index in [1.807, 2.05) is 0 Å². The van der Waals surface area contributed by atoms with Crippen LogP contribution in [0.2, 0.25) is 0 Å². The van der Waals surface area contributed by atoms with Gasteiger partial charge in [-0.05, 0) is 12.1 Å². The molecule has 0 aliphatic heterocycles. The van der Waals surface area contributed by atoms with Crippen molar-refractivity contribution in [3.05, 3.63) is 34.1 Å². The fourth-order valence-corrected chi connectivity index (χ4v) is 1.12. The molecule has 0 saturated heterocycles. The maximum Gasteiger partial charge on any atom is 0.329 e. The molecule has 9 heteroatoms. The first-order valence-electron chi connectivity index (χ1n) is 4.76. The summed E-state index contributed by atoms with van der Waals surface area (Å²) in [5, 5.41) is 10.6. The van der Waals surface area contributed by atoms with E-state index in [0.29, 0.717) is 0 Å². The first-order valence-corrected chi connectivity index (χ1v) is 4.76. The van der Waals surface area contributed by atoms with E-state index in [-0.39, 0.29) is 18.8 Å². The third kappa shape index (κ3) is 3.96. The SMILES string of the molecule is NNOC(=O)CCOc1ccc(F)cc1[N+](=O)[O-]. The average molecular weight is 259 g/mol. The standard InChI is InChI=1S/C9H10FN3O5/c10-6-1-2-8(7(5-6)13(15)16)17-4-3-9(14)18-12-11/h1-2,5,12H,3-4,11H2. The van der Waals surface area contributed by atoms with E-state index in [1.54, 1.807) is 5.59 Å². The number of nitrogens with one attached hydrogen (secondary N) is 1. The topological polar surface area (TPSA) is 117 Å². The molecular weight excluding hydrogens is 249 g/mol. The number of nitrogens with zero attached hydrogens (tertiary/aromatic N) is 1. The smallest absolute Gasteiger partial charge is 0.329 e. The predicted octanol–water partition coefficient (Wildman–Crippen LogP) is 0.424. The van der Waals surface area contributed by atoms with Crippen LogP contribution in [-0.2, 0) is 9.63 Å². The molecule has 0 fully saturated rings. The summed E-state index contributed by atoms with van der Waals surface area (Å²) in [6, 6.07) is 2.86. The Labute approximate surface area is 101 Å². The molecular formula is C9H10FN3O5. The molecule has 0 aromatic heterocycles. The summed E-state index contributed by atoms with van der Waals surface area (Å²) in [6.45, 7) is -0.160. The number of halogens is 1. The Balaban J connectivity index is 2.62. The summed E-state index contributed by atoms with van der Waals surface area (Å²) in [6.07, 6.45) is -0.168. The number of hydrogen-bond donors (Lipinski definition) is 2. The number of hydrogen-bond acceptors (Lipinski definition) is 7. The maximum absolute atomic E-state index is 12.8. The van der Waals surface area contributed by atoms with Crippen molar-refractivity contribution >= 4 is 11.7 Å². The maximum atomic E-state index is 12.8. The molecule has 0 unspecified atom stereocenters. The lowest BCUT2D eigenvalue weighted by Crippen LogP contribution is -2.27. The molecule has 0 saturated carbocycles. The van der Waals surface area contributed by atoms with Crippen LogP contribution in [0.25, 0.3) is 0 Å². The van der Waals surface area contributed by atoms with Gasteiger partial charge in [0, 0.05) is 0 Å². The van der Waals surface area contributed by atoms with Crippen LogP contribution < -0.4 is 16.2 Å². The van der Waals surface area contributed by atoms with Gasteiger partial charge in [-0.3, -0.25) is 14.9 Å². The number of ether oxygens (including phenoxy) is 1. The Morgan fingerprint density at radius 2 is 2.28 bits per heavy atom. The van der Waals surface area contributed by atoms with Gasteiger partial charge in [-0.1, -0.05) is 5.59 Å². The summed E-state index contributed by atoms with van der Waals surface area (Å²) in [5.41, 5.74) is 1.18. The third-order valence-corrected chi connectivity index (χ3v) is 1.85. The Morgan fingerprint density at radius 3 is 2.89 bits per heavy atom. The molecule has 0 radical (unpaired) electrons. The molecule has 0 aliphatic rings. The Bertz CT molecular complexity index is 454. The molecule has 0 atom stereocenters. The largest absolute Gasteiger partial charge is 0.486 e. The van der Waals surface area contributed by atoms with Crippen molar-refractivity contribution < 1.29 is 23.7 Å². The monoisotopic (exact) mass is 259 g/mol. The highest BCUT2D eigenvalue weighted by atomic mass is 19.1. The lowest BCUT2D eigenvalue weighted by molar-refractivity contribution is -0.386. The van der Waals surface area contributed by atoms with Gasteiger partial charge in [0.05, 0.1) is 24.0 Å². The minimum Gasteiger partial charge on any atom is -0.486 e. The van der Waals surface area contributed by atoms with E-state index in [2.05, 4.69) is 4.84 Å². The van der Waals surface area contributed by atoms with Crippen molar-refractivity contribution in [2.75, 3.05) is 6.61 Å². The molecule has 1 rings (SSSR count). The van der Waals surface area contributed by atoms with Gasteiger partial charge >= 0.3 is 11.7 Å². The first-order chi connectivity index (χ1) is 8.54. The number of rotatable bonds is 6. The van der Waals surface area contributed by atoms with Crippen LogP contribution in [0.5, 0.6) is 5.75 Å². The van der Waals surface area contributed by atoms with Gasteiger partial charge < -0.3 is 9.57 Å². The van der Waals surface area contributed by atoms with Crippen molar-refractivity contribution in [1.29, 1.82) is 0 Å². The average Bonchev–Trinajstić information content (AvgIpc) is 2.31. The van der Waals surface area contributed by atoms with Crippen LogP contribution in [0, 0.1) is 15.9 Å². The highest BCUT2D eigenvalue weighted by molar-refractivity contribution is 5.69. The number of hydrazine groups is 1. The van der Waals surface area contributed by atoms with Crippen LogP contribution in [0.15, 0.2) is 18.2 Å². The minimum absolute atomic E-state index is 0.130. The minimum atomic E-state index is -0.780. The molecule has 8 nitrogen and oxygen atoms in total. The van der Waals surface area contributed by atoms with Crippen LogP contribution in [0.3, 0.4) is 0 Å². The van der Waals surface area contributed by atoms with E-state index in [0.717, 1.165) is 18.2 Å². The predicted molar refractivity (Wildman–Crippen MR) is 56.6 cm³/mol. The second-order valence-electron chi connectivity index (χ2n) is 3.06. The number of carbonyl (C=O) groups is 1. The molecule has 0 spiro atoms. The summed E-state index contributed by atoms with van der Waals surface area (Å²) in [4.78, 5) is 24.9. The number of benzene rings is 1. The second kappa shape index (κ2) is 6.47. The Morgan fingerprint density at radius 1 is 1.56 bits per heavy atom. The quantitative estimate of drug-likeness (QED) is 0.432. The van der Waals surface area contributed by atoms with Crippen molar-refractivity contribution in [3.63, 3.8) is 0 Å². The van der Waals surface area contributed by atoms with Gasteiger partial charge in [0.1, 0.15) is 5.82 Å². The van der Waals surface area contributed by atoms with E-state index in [1.165, 1.54) is 0 Å². The van der Waals surface area contributed by atoms with Crippen molar-refractivity contribution in [2.45, 2.75) is 6.42 Å². The summed E-state index contributed by atoms with van der Waals surface area (Å²) >= 11 is 0. The number of nitro groups is 1. The zero-order valence-corrected chi connectivity index (χ0v) is 9.09. The zero-order valence-electron chi connectivity index (χ0n) is 9.09. The van der Waals surface area contributed by atoms with E-state index in [9.17, 15) is 19.3 Å². The first kappa shape index (κ1) is 13.8. The molecule has 0 amide bonds. The van der Waals surface area contributed by atoms with Crippen molar-refractivity contribution in [2.24, 2.45) is 5.84 Å². The Kier molecular flexibility index (Phi) is 4.96. The fraction of sp³-hybridized carbons (Fsp3) is 0.222. The Hall–Kier alpha value is -2.26. The van der Waals surface area contributed by atoms with Gasteiger partial charge in [0.15, 0.2) is 5.75 Å². The third-order valence-electron chi connectivity index (χ3n) is 1.85. The molecule has 1 aromatic rings. The highest BCUT2D eigenvalue weighted by Gasteiger charge is 2.16. The molecule has 0 heterocycles. The summed E-state index contributed by atoms with van der Waals surface area (Å²) in [5.74, 6) is 3.16. The molecule has 0 aliphatic carbocycles. The van der Waals surface area contributed by atoms with Crippen LogP contribution >= 0.6 is 0 Å². The van der Waals surface area contributed by atoms with Gasteiger partial charge in [-0.2, -0.15) is 0 Å². The number of nitro benzene ring substituents is 1. The number of carbonyl (C=O) groups excluding carboxylic acids is 1. The lowest BCUT2D eigenvalue weighted by Gasteiger charge is -2.06. The van der Waals surface area contributed by atoms with Crippen LogP contribution in [-0.4, -0.2) is 17.5 Å². The molecule has 0 bridgehead atoms. The van der Waals surface area contributed by atoms with Gasteiger partial charge in [-0.15, -0.1) is 0 Å². The van der Waals surface area contributed by atoms with Gasteiger partial charge in [0.25, 0.3) is 0 Å². The normalized spacial score (nSPS) is 9.89.